The summed E-state index contributed by atoms with van der Waals surface area (Å²) in [4.78, 5) is 2.30. The maximum atomic E-state index is 5.51. The Morgan fingerprint density at radius 1 is 1.24 bits per heavy atom. The van der Waals surface area contributed by atoms with Crippen LogP contribution in [-0.4, -0.2) is 32.1 Å². The van der Waals surface area contributed by atoms with Crippen molar-refractivity contribution in [2.24, 2.45) is 5.73 Å². The van der Waals surface area contributed by atoms with Gasteiger partial charge in [-0.25, -0.2) is 0 Å². The Morgan fingerprint density at radius 2 is 1.82 bits per heavy atom. The Bertz CT molecular complexity index is 340. The average Bonchev–Trinajstić information content (AvgIpc) is 2.26. The number of methoxy groups -OCH3 is 1. The largest absolute Gasteiger partial charge is 0.496 e. The first-order valence-corrected chi connectivity index (χ1v) is 6.11. The van der Waals surface area contributed by atoms with E-state index >= 15 is 0 Å². The smallest absolute Gasteiger partial charge is 0.124 e. The van der Waals surface area contributed by atoms with Gasteiger partial charge in [0.2, 0.25) is 0 Å². The molecule has 96 valence electrons. The van der Waals surface area contributed by atoms with Gasteiger partial charge in [0.05, 0.1) is 7.11 Å². The van der Waals surface area contributed by atoms with Crippen LogP contribution in [0.1, 0.15) is 23.1 Å². The van der Waals surface area contributed by atoms with E-state index in [1.165, 1.54) is 16.7 Å². The molecule has 0 saturated carbocycles. The highest BCUT2D eigenvalue weighted by Gasteiger charge is 2.06. The normalized spacial score (nSPS) is 10.9. The second-order valence-corrected chi connectivity index (χ2v) is 4.64. The van der Waals surface area contributed by atoms with Crippen molar-refractivity contribution in [3.05, 3.63) is 28.8 Å². The molecule has 1 rings (SSSR count). The van der Waals surface area contributed by atoms with Crippen molar-refractivity contribution >= 4 is 0 Å². The molecule has 1 aromatic carbocycles. The number of ether oxygens (including phenoxy) is 1. The fraction of sp³-hybridized carbons (Fsp3) is 0.571. The SMILES string of the molecule is COc1c(C)cc(CN(C)CCCN)cc1C. The summed E-state index contributed by atoms with van der Waals surface area (Å²) in [5, 5.41) is 0. The molecule has 0 atom stereocenters. The molecule has 0 bridgehead atoms. The molecular weight excluding hydrogens is 212 g/mol. The number of hydrogen-bond donors (Lipinski definition) is 1. The molecule has 3 nitrogen and oxygen atoms in total. The third-order valence-corrected chi connectivity index (χ3v) is 2.92. The molecule has 0 fully saturated rings. The quantitative estimate of drug-likeness (QED) is 0.822. The molecule has 2 N–H and O–H groups in total. The van der Waals surface area contributed by atoms with E-state index in [1.54, 1.807) is 7.11 Å². The van der Waals surface area contributed by atoms with Gasteiger partial charge in [-0.15, -0.1) is 0 Å². The van der Waals surface area contributed by atoms with Gasteiger partial charge in [0, 0.05) is 6.54 Å². The van der Waals surface area contributed by atoms with Crippen molar-refractivity contribution in [1.82, 2.24) is 4.90 Å². The molecule has 0 aliphatic carbocycles. The van der Waals surface area contributed by atoms with E-state index in [-0.39, 0.29) is 0 Å². The zero-order valence-electron chi connectivity index (χ0n) is 11.4. The number of hydrogen-bond acceptors (Lipinski definition) is 3. The monoisotopic (exact) mass is 236 g/mol. The topological polar surface area (TPSA) is 38.5 Å². The molecule has 0 amide bonds. The average molecular weight is 236 g/mol. The molecule has 0 radical (unpaired) electrons. The second-order valence-electron chi connectivity index (χ2n) is 4.64. The summed E-state index contributed by atoms with van der Waals surface area (Å²) < 4.78 is 5.37. The first-order chi connectivity index (χ1) is 8.08. The number of nitrogens with two attached hydrogens (primary N) is 1. The van der Waals surface area contributed by atoms with E-state index in [1.807, 2.05) is 0 Å². The summed E-state index contributed by atoms with van der Waals surface area (Å²) in [7, 11) is 3.85. The summed E-state index contributed by atoms with van der Waals surface area (Å²) in [5.41, 5.74) is 9.25. The highest BCUT2D eigenvalue weighted by molar-refractivity contribution is 5.43. The molecule has 3 heteroatoms. The maximum Gasteiger partial charge on any atom is 0.124 e. The third-order valence-electron chi connectivity index (χ3n) is 2.92. The lowest BCUT2D eigenvalue weighted by molar-refractivity contribution is 0.323. The molecule has 0 aromatic heterocycles. The predicted octanol–water partition coefficient (Wildman–Crippen LogP) is 2.09. The molecule has 17 heavy (non-hydrogen) atoms. The van der Waals surface area contributed by atoms with Crippen LogP contribution in [0.15, 0.2) is 12.1 Å². The number of nitrogens with zero attached hydrogens (tertiary/aromatic N) is 1. The highest BCUT2D eigenvalue weighted by atomic mass is 16.5. The molecule has 0 unspecified atom stereocenters. The first kappa shape index (κ1) is 14.0. The summed E-state index contributed by atoms with van der Waals surface area (Å²) in [6.07, 6.45) is 1.05. The van der Waals surface area contributed by atoms with Gasteiger partial charge in [0.1, 0.15) is 5.75 Å². The van der Waals surface area contributed by atoms with Crippen LogP contribution in [0.4, 0.5) is 0 Å². The number of aryl methyl sites for hydroxylation is 2. The van der Waals surface area contributed by atoms with Crippen molar-refractivity contribution in [3.8, 4) is 5.75 Å². The van der Waals surface area contributed by atoms with E-state index < -0.39 is 0 Å². The minimum atomic E-state index is 0.755. The standard InChI is InChI=1S/C14H24N2O/c1-11-8-13(9-12(2)14(11)17-4)10-16(3)7-5-6-15/h8-9H,5-7,10,15H2,1-4H3. The fourth-order valence-electron chi connectivity index (χ4n) is 2.21. The zero-order valence-corrected chi connectivity index (χ0v) is 11.4. The van der Waals surface area contributed by atoms with Crippen LogP contribution in [0.2, 0.25) is 0 Å². The molecule has 0 saturated heterocycles. The minimum Gasteiger partial charge on any atom is -0.496 e. The van der Waals surface area contributed by atoms with Crippen LogP contribution in [0.25, 0.3) is 0 Å². The predicted molar refractivity (Wildman–Crippen MR) is 72.5 cm³/mol. The Balaban J connectivity index is 2.72. The molecule has 0 heterocycles. The van der Waals surface area contributed by atoms with Crippen molar-refractivity contribution in [3.63, 3.8) is 0 Å². The lowest BCUT2D eigenvalue weighted by Crippen LogP contribution is -2.21. The Kier molecular flexibility index (Phi) is 5.45. The van der Waals surface area contributed by atoms with Crippen molar-refractivity contribution in [2.45, 2.75) is 26.8 Å². The van der Waals surface area contributed by atoms with Crippen molar-refractivity contribution in [1.29, 1.82) is 0 Å². The van der Waals surface area contributed by atoms with Crippen LogP contribution < -0.4 is 10.5 Å². The van der Waals surface area contributed by atoms with Gasteiger partial charge in [-0.1, -0.05) is 12.1 Å². The first-order valence-electron chi connectivity index (χ1n) is 6.11. The lowest BCUT2D eigenvalue weighted by Gasteiger charge is -2.18. The van der Waals surface area contributed by atoms with Gasteiger partial charge in [-0.2, -0.15) is 0 Å². The van der Waals surface area contributed by atoms with E-state index in [0.29, 0.717) is 0 Å². The molecule has 1 aromatic rings. The summed E-state index contributed by atoms with van der Waals surface area (Å²) >= 11 is 0. The molecule has 0 aliphatic heterocycles. The van der Waals surface area contributed by atoms with E-state index in [0.717, 1.165) is 31.8 Å². The molecule has 0 aliphatic rings. The van der Waals surface area contributed by atoms with Gasteiger partial charge < -0.3 is 15.4 Å². The van der Waals surface area contributed by atoms with Crippen LogP contribution in [-0.2, 0) is 6.54 Å². The van der Waals surface area contributed by atoms with E-state index in [4.69, 9.17) is 10.5 Å². The van der Waals surface area contributed by atoms with E-state index in [9.17, 15) is 0 Å². The van der Waals surface area contributed by atoms with Crippen molar-refractivity contribution < 1.29 is 4.74 Å². The highest BCUT2D eigenvalue weighted by Crippen LogP contribution is 2.24. The molecule has 0 spiro atoms. The van der Waals surface area contributed by atoms with Crippen LogP contribution in [0.3, 0.4) is 0 Å². The van der Waals surface area contributed by atoms with Gasteiger partial charge in [-0.05, 0) is 57.1 Å². The van der Waals surface area contributed by atoms with E-state index in [2.05, 4.69) is 37.9 Å². The Labute approximate surface area is 105 Å². The Hall–Kier alpha value is -1.06. The van der Waals surface area contributed by atoms with Gasteiger partial charge >= 0.3 is 0 Å². The Morgan fingerprint density at radius 3 is 2.29 bits per heavy atom. The minimum absolute atomic E-state index is 0.755. The van der Waals surface area contributed by atoms with Gasteiger partial charge in [0.15, 0.2) is 0 Å². The summed E-state index contributed by atoms with van der Waals surface area (Å²) in [6.45, 7) is 6.95. The van der Waals surface area contributed by atoms with Crippen LogP contribution in [0.5, 0.6) is 5.75 Å². The summed E-state index contributed by atoms with van der Waals surface area (Å²) in [5.74, 6) is 0.998. The zero-order chi connectivity index (χ0) is 12.8. The maximum absolute atomic E-state index is 5.51. The fourth-order valence-corrected chi connectivity index (χ4v) is 2.21. The second kappa shape index (κ2) is 6.62. The van der Waals surface area contributed by atoms with Crippen molar-refractivity contribution in [2.75, 3.05) is 27.2 Å². The van der Waals surface area contributed by atoms with Crippen LogP contribution >= 0.6 is 0 Å². The molecular formula is C14H24N2O. The third kappa shape index (κ3) is 4.02. The van der Waals surface area contributed by atoms with Crippen LogP contribution in [0, 0.1) is 13.8 Å². The van der Waals surface area contributed by atoms with Gasteiger partial charge in [0.25, 0.3) is 0 Å². The lowest BCUT2D eigenvalue weighted by atomic mass is 10.1. The number of rotatable bonds is 6. The summed E-state index contributed by atoms with van der Waals surface area (Å²) in [6, 6.07) is 4.40. The number of benzene rings is 1. The van der Waals surface area contributed by atoms with Gasteiger partial charge in [-0.3, -0.25) is 0 Å².